The zero-order valence-corrected chi connectivity index (χ0v) is 17.4. The molecule has 0 unspecified atom stereocenters. The van der Waals surface area contributed by atoms with Crippen molar-refractivity contribution in [3.63, 3.8) is 0 Å². The number of benzene rings is 2. The van der Waals surface area contributed by atoms with Gasteiger partial charge in [-0.05, 0) is 60.2 Å². The molecule has 2 heterocycles. The maximum atomic E-state index is 13.0. The molecule has 1 aliphatic carbocycles. The molecule has 0 radical (unpaired) electrons. The first-order chi connectivity index (χ1) is 15.6. The molecule has 2 aromatic heterocycles. The van der Waals surface area contributed by atoms with Crippen molar-refractivity contribution in [3.8, 4) is 11.6 Å². The van der Waals surface area contributed by atoms with E-state index >= 15 is 0 Å². The molecule has 0 aliphatic heterocycles. The van der Waals surface area contributed by atoms with Gasteiger partial charge in [-0.25, -0.2) is 9.97 Å². The van der Waals surface area contributed by atoms with Gasteiger partial charge in [0.2, 0.25) is 11.7 Å². The van der Waals surface area contributed by atoms with Crippen molar-refractivity contribution in [2.45, 2.75) is 6.42 Å². The van der Waals surface area contributed by atoms with Crippen LogP contribution < -0.4 is 4.74 Å². The van der Waals surface area contributed by atoms with Gasteiger partial charge in [-0.2, -0.15) is 0 Å². The third-order valence-electron chi connectivity index (χ3n) is 5.34. The van der Waals surface area contributed by atoms with Gasteiger partial charge < -0.3 is 9.30 Å². The lowest BCUT2D eigenvalue weighted by Gasteiger charge is -2.12. The Morgan fingerprint density at radius 1 is 1.03 bits per heavy atom. The van der Waals surface area contributed by atoms with Gasteiger partial charge in [-0.3, -0.25) is 9.59 Å². The van der Waals surface area contributed by atoms with E-state index in [1.54, 1.807) is 47.2 Å². The minimum Gasteiger partial charge on any atom is -0.438 e. The van der Waals surface area contributed by atoms with E-state index in [0.29, 0.717) is 29.4 Å². The van der Waals surface area contributed by atoms with Gasteiger partial charge in [0, 0.05) is 30.8 Å². The summed E-state index contributed by atoms with van der Waals surface area (Å²) in [7, 11) is 1.84. The molecule has 32 heavy (non-hydrogen) atoms. The third kappa shape index (κ3) is 3.63. The first-order valence-corrected chi connectivity index (χ1v) is 10.2. The summed E-state index contributed by atoms with van der Waals surface area (Å²) in [4.78, 5) is 33.6. The van der Waals surface area contributed by atoms with E-state index in [1.165, 1.54) is 0 Å². The van der Waals surface area contributed by atoms with Gasteiger partial charge in [-0.15, -0.1) is 0 Å². The molecule has 0 N–H and O–H groups in total. The zero-order chi connectivity index (χ0) is 22.1. The Labute approximate surface area is 184 Å². The Balaban J connectivity index is 1.40. The van der Waals surface area contributed by atoms with Crippen molar-refractivity contribution in [1.29, 1.82) is 0 Å². The number of allylic oxidation sites excluding steroid dienone is 4. The number of ether oxygens (including phenoxy) is 1. The Morgan fingerprint density at radius 2 is 1.84 bits per heavy atom. The molecule has 0 atom stereocenters. The van der Waals surface area contributed by atoms with Gasteiger partial charge in [0.15, 0.2) is 11.6 Å². The van der Waals surface area contributed by atoms with E-state index < -0.39 is 0 Å². The van der Waals surface area contributed by atoms with Crippen molar-refractivity contribution >= 4 is 28.2 Å². The maximum Gasteiger partial charge on any atom is 0.228 e. The molecular weight excluding hydrogens is 402 g/mol. The quantitative estimate of drug-likeness (QED) is 0.428. The number of carbonyl (C=O) groups is 2. The number of aryl methyl sites for hydroxylation is 1. The summed E-state index contributed by atoms with van der Waals surface area (Å²) < 4.78 is 7.78. The highest BCUT2D eigenvalue weighted by molar-refractivity contribution is 6.08. The number of aromatic nitrogens is 3. The SMILES string of the molecule is Cn1c(C(=O)c2ccc(Oc3ncccc3C3=CC(=O)CC=C3)cc2)nc2ccccc21. The highest BCUT2D eigenvalue weighted by atomic mass is 16.5. The van der Waals surface area contributed by atoms with E-state index in [4.69, 9.17) is 4.74 Å². The monoisotopic (exact) mass is 421 g/mol. The molecule has 1 aliphatic rings. The van der Waals surface area contributed by atoms with Gasteiger partial charge >= 0.3 is 0 Å². The van der Waals surface area contributed by atoms with Crippen LogP contribution in [0, 0.1) is 0 Å². The van der Waals surface area contributed by atoms with E-state index in [9.17, 15) is 9.59 Å². The lowest BCUT2D eigenvalue weighted by Crippen LogP contribution is -2.08. The number of imidazole rings is 1. The van der Waals surface area contributed by atoms with Crippen LogP contribution in [0.15, 0.2) is 85.1 Å². The smallest absolute Gasteiger partial charge is 0.228 e. The van der Waals surface area contributed by atoms with E-state index in [1.807, 2.05) is 49.5 Å². The molecule has 6 nitrogen and oxygen atoms in total. The number of ketones is 2. The highest BCUT2D eigenvalue weighted by Crippen LogP contribution is 2.30. The lowest BCUT2D eigenvalue weighted by atomic mass is 10.00. The Kier molecular flexibility index (Phi) is 4.95. The number of nitrogens with zero attached hydrogens (tertiary/aromatic N) is 3. The van der Waals surface area contributed by atoms with Gasteiger partial charge in [0.25, 0.3) is 0 Å². The summed E-state index contributed by atoms with van der Waals surface area (Å²) in [6.07, 6.45) is 7.36. The van der Waals surface area contributed by atoms with Crippen LogP contribution in [0.25, 0.3) is 16.6 Å². The van der Waals surface area contributed by atoms with Crippen LogP contribution >= 0.6 is 0 Å². The molecule has 0 bridgehead atoms. The zero-order valence-electron chi connectivity index (χ0n) is 17.4. The average molecular weight is 421 g/mol. The van der Waals surface area contributed by atoms with Crippen molar-refractivity contribution in [3.05, 3.63) is 102 Å². The fourth-order valence-electron chi connectivity index (χ4n) is 3.71. The molecule has 0 saturated heterocycles. The molecule has 0 spiro atoms. The summed E-state index contributed by atoms with van der Waals surface area (Å²) in [6, 6.07) is 18.2. The van der Waals surface area contributed by atoms with Gasteiger partial charge in [0.1, 0.15) is 5.75 Å². The van der Waals surface area contributed by atoms with Crippen LogP contribution in [0.3, 0.4) is 0 Å². The van der Waals surface area contributed by atoms with Crippen LogP contribution in [0.5, 0.6) is 11.6 Å². The molecule has 2 aromatic carbocycles. The van der Waals surface area contributed by atoms with Crippen molar-refractivity contribution in [1.82, 2.24) is 14.5 Å². The molecule has 6 heteroatoms. The Hall–Kier alpha value is -4.32. The second-order valence-electron chi connectivity index (χ2n) is 7.47. The van der Waals surface area contributed by atoms with Crippen LogP contribution in [0.4, 0.5) is 0 Å². The van der Waals surface area contributed by atoms with E-state index in [-0.39, 0.29) is 11.6 Å². The fraction of sp³-hybridized carbons (Fsp3) is 0.0769. The normalized spacial score (nSPS) is 13.3. The van der Waals surface area contributed by atoms with Crippen molar-refractivity contribution in [2.24, 2.45) is 7.05 Å². The number of para-hydroxylation sites is 2. The molecule has 4 aromatic rings. The summed E-state index contributed by atoms with van der Waals surface area (Å²) >= 11 is 0. The topological polar surface area (TPSA) is 74.1 Å². The molecule has 5 rings (SSSR count). The Bertz CT molecular complexity index is 1410. The number of rotatable bonds is 5. The number of hydrogen-bond donors (Lipinski definition) is 0. The minimum absolute atomic E-state index is 0.0436. The van der Waals surface area contributed by atoms with E-state index in [2.05, 4.69) is 9.97 Å². The average Bonchev–Trinajstić information content (AvgIpc) is 3.16. The van der Waals surface area contributed by atoms with Gasteiger partial charge in [-0.1, -0.05) is 24.3 Å². The molecular formula is C26H19N3O3. The lowest BCUT2D eigenvalue weighted by molar-refractivity contribution is -0.113. The predicted octanol–water partition coefficient (Wildman–Crippen LogP) is 4.90. The summed E-state index contributed by atoms with van der Waals surface area (Å²) in [5.41, 5.74) is 3.70. The standard InChI is InChI=1S/C26H19N3O3/c1-29-23-10-3-2-9-22(23)28-25(29)24(31)17-11-13-20(14-12-17)32-26-21(8-5-15-27-26)18-6-4-7-19(30)16-18/h2-6,8-16H,7H2,1H3. The predicted molar refractivity (Wildman–Crippen MR) is 122 cm³/mol. The second kappa shape index (κ2) is 8.07. The number of hydrogen-bond acceptors (Lipinski definition) is 5. The Morgan fingerprint density at radius 3 is 2.62 bits per heavy atom. The molecule has 156 valence electrons. The third-order valence-corrected chi connectivity index (χ3v) is 5.34. The van der Waals surface area contributed by atoms with Crippen LogP contribution in [-0.4, -0.2) is 26.1 Å². The highest BCUT2D eigenvalue weighted by Gasteiger charge is 2.18. The first kappa shape index (κ1) is 19.6. The van der Waals surface area contributed by atoms with Gasteiger partial charge in [0.05, 0.1) is 11.0 Å². The van der Waals surface area contributed by atoms with E-state index in [0.717, 1.165) is 22.2 Å². The van der Waals surface area contributed by atoms with Crippen LogP contribution in [-0.2, 0) is 11.8 Å². The number of carbonyl (C=O) groups excluding carboxylic acids is 2. The number of fused-ring (bicyclic) bond motifs is 1. The first-order valence-electron chi connectivity index (χ1n) is 10.2. The molecule has 0 saturated carbocycles. The minimum atomic E-state index is -0.162. The van der Waals surface area contributed by atoms with Crippen LogP contribution in [0.1, 0.15) is 28.2 Å². The molecule has 0 fully saturated rings. The largest absolute Gasteiger partial charge is 0.438 e. The molecule has 0 amide bonds. The second-order valence-corrected chi connectivity index (χ2v) is 7.47. The fourth-order valence-corrected chi connectivity index (χ4v) is 3.71. The summed E-state index contributed by atoms with van der Waals surface area (Å²) in [5, 5.41) is 0. The summed E-state index contributed by atoms with van der Waals surface area (Å²) in [5.74, 6) is 1.20. The van der Waals surface area contributed by atoms with Crippen molar-refractivity contribution in [2.75, 3.05) is 0 Å². The van der Waals surface area contributed by atoms with Crippen molar-refractivity contribution < 1.29 is 14.3 Å². The summed E-state index contributed by atoms with van der Waals surface area (Å²) in [6.45, 7) is 0. The van der Waals surface area contributed by atoms with Crippen LogP contribution in [0.2, 0.25) is 0 Å². The maximum absolute atomic E-state index is 13.0. The number of pyridine rings is 1.